The molecule has 168 valence electrons. The SMILES string of the molecule is Cc1cc2nc(F)sc2cc1-c1n(-c2c(C(C)C)cccc2C(C)C)c2ccccc2[n+]1C. The highest BCUT2D eigenvalue weighted by atomic mass is 32.1. The predicted molar refractivity (Wildman–Crippen MR) is 136 cm³/mol. The molecule has 3 nitrogen and oxygen atoms in total. The molecule has 2 heterocycles. The van der Waals surface area contributed by atoms with Crippen LogP contribution in [0.5, 0.6) is 0 Å². The molecule has 2 aromatic heterocycles. The Kier molecular flexibility index (Phi) is 5.32. The molecule has 0 saturated carbocycles. The highest BCUT2D eigenvalue weighted by Gasteiger charge is 2.31. The monoisotopic (exact) mass is 458 g/mol. The first-order chi connectivity index (χ1) is 15.8. The lowest BCUT2D eigenvalue weighted by Crippen LogP contribution is -2.30. The largest absolute Gasteiger partial charge is 0.295 e. The van der Waals surface area contributed by atoms with Gasteiger partial charge in [0, 0.05) is 11.1 Å². The van der Waals surface area contributed by atoms with Crippen LogP contribution in [0.25, 0.3) is 38.3 Å². The van der Waals surface area contributed by atoms with Crippen LogP contribution in [0.3, 0.4) is 0 Å². The van der Waals surface area contributed by atoms with E-state index in [9.17, 15) is 4.39 Å². The number of aromatic nitrogens is 3. The second-order valence-electron chi connectivity index (χ2n) is 9.40. The molecule has 0 aliphatic heterocycles. The van der Waals surface area contributed by atoms with Crippen LogP contribution in [0.1, 0.15) is 56.2 Å². The van der Waals surface area contributed by atoms with E-state index < -0.39 is 5.26 Å². The molecule has 0 spiro atoms. The smallest absolute Gasteiger partial charge is 0.225 e. The van der Waals surface area contributed by atoms with Crippen LogP contribution in [-0.4, -0.2) is 9.55 Å². The van der Waals surface area contributed by atoms with Crippen molar-refractivity contribution in [2.45, 2.75) is 46.5 Å². The molecule has 3 aromatic carbocycles. The van der Waals surface area contributed by atoms with Crippen molar-refractivity contribution in [1.29, 1.82) is 0 Å². The number of fused-ring (bicyclic) bond motifs is 2. The van der Waals surface area contributed by atoms with Crippen molar-refractivity contribution < 1.29 is 8.96 Å². The minimum absolute atomic E-state index is 0.372. The molecule has 0 saturated heterocycles. The molecule has 0 aliphatic rings. The Morgan fingerprint density at radius 1 is 0.939 bits per heavy atom. The third-order valence-electron chi connectivity index (χ3n) is 6.53. The van der Waals surface area contributed by atoms with Crippen molar-refractivity contribution in [3.8, 4) is 17.1 Å². The molecule has 0 N–H and O–H groups in total. The van der Waals surface area contributed by atoms with Crippen LogP contribution in [0.4, 0.5) is 4.39 Å². The van der Waals surface area contributed by atoms with Crippen LogP contribution < -0.4 is 4.57 Å². The Morgan fingerprint density at radius 2 is 1.61 bits per heavy atom. The van der Waals surface area contributed by atoms with Gasteiger partial charge in [0.2, 0.25) is 0 Å². The standard InChI is InChI=1S/C28H29FN3S/c1-16(2)19-10-9-11-20(17(3)4)26(19)32-24-13-8-7-12-23(24)31(6)27(32)21-15-25-22(14-18(21)5)30-28(29)33-25/h7-17H,1-6H3/q+1. The van der Waals surface area contributed by atoms with Crippen LogP contribution in [0.2, 0.25) is 0 Å². The number of rotatable bonds is 4. The van der Waals surface area contributed by atoms with Gasteiger partial charge in [-0.1, -0.05) is 69.4 Å². The van der Waals surface area contributed by atoms with E-state index in [-0.39, 0.29) is 0 Å². The minimum atomic E-state index is -0.390. The summed E-state index contributed by atoms with van der Waals surface area (Å²) >= 11 is 1.10. The quantitative estimate of drug-likeness (QED) is 0.257. The van der Waals surface area contributed by atoms with Gasteiger partial charge in [-0.25, -0.2) is 9.55 Å². The summed E-state index contributed by atoms with van der Waals surface area (Å²) in [6, 6.07) is 19.3. The van der Waals surface area contributed by atoms with Crippen LogP contribution in [-0.2, 0) is 7.05 Å². The summed E-state index contributed by atoms with van der Waals surface area (Å²) in [6.07, 6.45) is 0. The molecular formula is C28H29FN3S+. The summed E-state index contributed by atoms with van der Waals surface area (Å²) in [5, 5.41) is -0.390. The summed E-state index contributed by atoms with van der Waals surface area (Å²) in [7, 11) is 2.12. The molecule has 0 unspecified atom stereocenters. The van der Waals surface area contributed by atoms with E-state index in [4.69, 9.17) is 0 Å². The number of imidazole rings is 1. The van der Waals surface area contributed by atoms with E-state index in [2.05, 4.69) is 104 Å². The van der Waals surface area contributed by atoms with Gasteiger partial charge in [-0.15, -0.1) is 0 Å². The molecule has 5 rings (SSSR count). The van der Waals surface area contributed by atoms with E-state index in [1.165, 1.54) is 22.3 Å². The Balaban J connectivity index is 1.96. The van der Waals surface area contributed by atoms with Gasteiger partial charge in [-0.3, -0.25) is 0 Å². The third kappa shape index (κ3) is 3.46. The van der Waals surface area contributed by atoms with Crippen molar-refractivity contribution >= 4 is 32.6 Å². The van der Waals surface area contributed by atoms with Gasteiger partial charge in [0.25, 0.3) is 11.1 Å². The number of halogens is 1. The first-order valence-electron chi connectivity index (χ1n) is 11.5. The Hall–Kier alpha value is -3.05. The van der Waals surface area contributed by atoms with E-state index in [0.717, 1.165) is 44.0 Å². The number of aryl methyl sites for hydroxylation is 2. The number of hydrogen-bond acceptors (Lipinski definition) is 2. The third-order valence-corrected chi connectivity index (χ3v) is 7.34. The summed E-state index contributed by atoms with van der Waals surface area (Å²) in [5.41, 5.74) is 9.13. The topological polar surface area (TPSA) is 21.7 Å². The maximum Gasteiger partial charge on any atom is 0.295 e. The average Bonchev–Trinajstić information content (AvgIpc) is 3.28. The van der Waals surface area contributed by atoms with E-state index in [0.29, 0.717) is 11.8 Å². The maximum absolute atomic E-state index is 14.0. The number of nitrogens with zero attached hydrogens (tertiary/aromatic N) is 3. The van der Waals surface area contributed by atoms with Gasteiger partial charge in [0.1, 0.15) is 5.69 Å². The van der Waals surface area contributed by atoms with E-state index in [1.807, 2.05) is 6.07 Å². The highest BCUT2D eigenvalue weighted by molar-refractivity contribution is 7.17. The summed E-state index contributed by atoms with van der Waals surface area (Å²) < 4.78 is 19.5. The van der Waals surface area contributed by atoms with Gasteiger partial charge in [-0.05, 0) is 48.6 Å². The second-order valence-corrected chi connectivity index (χ2v) is 10.4. The van der Waals surface area contributed by atoms with E-state index >= 15 is 0 Å². The van der Waals surface area contributed by atoms with Gasteiger partial charge in [-0.2, -0.15) is 8.96 Å². The number of thiazole rings is 1. The lowest BCUT2D eigenvalue weighted by Gasteiger charge is -2.18. The minimum Gasteiger partial charge on any atom is -0.225 e. The summed E-state index contributed by atoms with van der Waals surface area (Å²) in [4.78, 5) is 4.07. The van der Waals surface area contributed by atoms with Crippen molar-refractivity contribution in [2.75, 3.05) is 0 Å². The van der Waals surface area contributed by atoms with Gasteiger partial charge >= 0.3 is 0 Å². The van der Waals surface area contributed by atoms with Crippen molar-refractivity contribution in [2.24, 2.45) is 7.05 Å². The molecular weight excluding hydrogens is 429 g/mol. The summed E-state index contributed by atoms with van der Waals surface area (Å²) in [5.74, 6) is 1.84. The zero-order valence-electron chi connectivity index (χ0n) is 20.0. The van der Waals surface area contributed by atoms with Gasteiger partial charge in [0.15, 0.2) is 11.0 Å². The normalized spacial score (nSPS) is 12.0. The Bertz CT molecular complexity index is 1480. The fourth-order valence-electron chi connectivity index (χ4n) is 4.90. The number of benzene rings is 3. The van der Waals surface area contributed by atoms with Crippen LogP contribution in [0.15, 0.2) is 54.6 Å². The second kappa shape index (κ2) is 8.07. The molecule has 5 heteroatoms. The Labute approximate surface area is 198 Å². The molecule has 0 fully saturated rings. The molecule has 0 atom stereocenters. The van der Waals surface area contributed by atoms with Crippen molar-refractivity contribution in [1.82, 2.24) is 9.55 Å². The lowest BCUT2D eigenvalue weighted by molar-refractivity contribution is -0.633. The lowest BCUT2D eigenvalue weighted by atomic mass is 9.92. The maximum atomic E-state index is 14.0. The highest BCUT2D eigenvalue weighted by Crippen LogP contribution is 2.38. The van der Waals surface area contributed by atoms with E-state index in [1.54, 1.807) is 0 Å². The Morgan fingerprint density at radius 3 is 2.27 bits per heavy atom. The fraction of sp³-hybridized carbons (Fsp3) is 0.286. The molecule has 0 radical (unpaired) electrons. The molecule has 33 heavy (non-hydrogen) atoms. The molecule has 0 aliphatic carbocycles. The van der Waals surface area contributed by atoms with Crippen molar-refractivity contribution in [3.05, 3.63) is 76.5 Å². The van der Waals surface area contributed by atoms with Crippen LogP contribution in [0, 0.1) is 12.2 Å². The fourth-order valence-corrected chi connectivity index (χ4v) is 5.61. The first-order valence-corrected chi connectivity index (χ1v) is 12.3. The van der Waals surface area contributed by atoms with Crippen molar-refractivity contribution in [3.63, 3.8) is 0 Å². The molecule has 5 aromatic rings. The number of para-hydroxylation sites is 3. The van der Waals surface area contributed by atoms with Crippen LogP contribution >= 0.6 is 11.3 Å². The number of hydrogen-bond donors (Lipinski definition) is 0. The average molecular weight is 459 g/mol. The van der Waals surface area contributed by atoms with Gasteiger partial charge in [0.05, 0.1) is 22.8 Å². The zero-order chi connectivity index (χ0) is 23.4. The first kappa shape index (κ1) is 21.8. The van der Waals surface area contributed by atoms with Gasteiger partial charge < -0.3 is 0 Å². The molecule has 0 amide bonds. The summed E-state index contributed by atoms with van der Waals surface area (Å²) in [6.45, 7) is 11.1. The zero-order valence-corrected chi connectivity index (χ0v) is 20.8. The predicted octanol–water partition coefficient (Wildman–Crippen LogP) is 7.43. The molecule has 0 bridgehead atoms.